The van der Waals surface area contributed by atoms with Crippen molar-refractivity contribution in [2.24, 2.45) is 0 Å². The number of hydrogen-bond acceptors (Lipinski definition) is 4. The highest BCUT2D eigenvalue weighted by atomic mass is 16.4. The minimum Gasteiger partial charge on any atom is -0.480 e. The summed E-state index contributed by atoms with van der Waals surface area (Å²) < 4.78 is 0. The van der Waals surface area contributed by atoms with Crippen molar-refractivity contribution in [3.05, 3.63) is 65.0 Å². The van der Waals surface area contributed by atoms with Crippen molar-refractivity contribution in [1.82, 2.24) is 14.8 Å². The van der Waals surface area contributed by atoms with Crippen molar-refractivity contribution < 1.29 is 9.90 Å². The van der Waals surface area contributed by atoms with Crippen LogP contribution in [0.25, 0.3) is 0 Å². The average molecular weight is 353 g/mol. The number of aryl methyl sites for hydroxylation is 2. The molecule has 138 valence electrons. The summed E-state index contributed by atoms with van der Waals surface area (Å²) in [6.45, 7) is 8.35. The van der Waals surface area contributed by atoms with Gasteiger partial charge in [0.25, 0.3) is 0 Å². The lowest BCUT2D eigenvalue weighted by atomic mass is 9.98. The van der Waals surface area contributed by atoms with Gasteiger partial charge in [-0.15, -0.1) is 0 Å². The fourth-order valence-corrected chi connectivity index (χ4v) is 3.77. The number of rotatable bonds is 5. The van der Waals surface area contributed by atoms with E-state index in [1.807, 2.05) is 50.5 Å². The summed E-state index contributed by atoms with van der Waals surface area (Å²) in [5.41, 5.74) is 4.37. The van der Waals surface area contributed by atoms with Gasteiger partial charge in [0.1, 0.15) is 6.04 Å². The lowest BCUT2D eigenvalue weighted by Crippen LogP contribution is -2.37. The molecule has 1 aromatic carbocycles. The van der Waals surface area contributed by atoms with Crippen molar-refractivity contribution in [3.8, 4) is 0 Å². The number of nitrogens with zero attached hydrogens (tertiary/aromatic N) is 3. The first-order chi connectivity index (χ1) is 12.5. The van der Waals surface area contributed by atoms with Crippen molar-refractivity contribution in [1.29, 1.82) is 0 Å². The van der Waals surface area contributed by atoms with E-state index in [1.165, 1.54) is 5.56 Å². The summed E-state index contributed by atoms with van der Waals surface area (Å²) in [5.74, 6) is -0.764. The number of carboxylic acids is 1. The molecule has 1 saturated heterocycles. The van der Waals surface area contributed by atoms with E-state index in [4.69, 9.17) is 0 Å². The predicted octanol–water partition coefficient (Wildman–Crippen LogP) is 3.03. The van der Waals surface area contributed by atoms with Gasteiger partial charge in [-0.05, 0) is 55.6 Å². The van der Waals surface area contributed by atoms with E-state index in [0.717, 1.165) is 55.8 Å². The SMILES string of the molecule is Cc1ccc([C@@H](C(=O)O)N2CCCN(Cc3ccncc3)CC2)c(C)c1. The highest BCUT2D eigenvalue weighted by Gasteiger charge is 2.30. The van der Waals surface area contributed by atoms with Crippen LogP contribution in [0.1, 0.15) is 34.7 Å². The third-order valence-corrected chi connectivity index (χ3v) is 5.10. The summed E-state index contributed by atoms with van der Waals surface area (Å²) in [7, 11) is 0. The van der Waals surface area contributed by atoms with Crippen molar-refractivity contribution >= 4 is 5.97 Å². The van der Waals surface area contributed by atoms with Crippen LogP contribution in [0.4, 0.5) is 0 Å². The molecule has 1 atom stereocenters. The molecule has 26 heavy (non-hydrogen) atoms. The first-order valence-electron chi connectivity index (χ1n) is 9.20. The highest BCUT2D eigenvalue weighted by Crippen LogP contribution is 2.26. The van der Waals surface area contributed by atoms with E-state index in [-0.39, 0.29) is 0 Å². The lowest BCUT2D eigenvalue weighted by molar-refractivity contribution is -0.143. The average Bonchev–Trinajstić information content (AvgIpc) is 2.83. The molecule has 2 heterocycles. The van der Waals surface area contributed by atoms with Gasteiger partial charge in [-0.1, -0.05) is 23.8 Å². The molecule has 1 aliphatic rings. The molecule has 1 N–H and O–H groups in total. The van der Waals surface area contributed by atoms with Gasteiger partial charge in [-0.2, -0.15) is 0 Å². The maximum atomic E-state index is 12.1. The standard InChI is InChI=1S/C21H27N3O2/c1-16-4-5-19(17(2)14-16)20(21(25)26)24-11-3-10-23(12-13-24)15-18-6-8-22-9-7-18/h4-9,14,20H,3,10-13,15H2,1-2H3,(H,25,26)/t20-/m0/s1. The van der Waals surface area contributed by atoms with E-state index in [1.54, 1.807) is 0 Å². The zero-order chi connectivity index (χ0) is 18.5. The van der Waals surface area contributed by atoms with Gasteiger partial charge in [-0.25, -0.2) is 0 Å². The first kappa shape index (κ1) is 18.5. The molecule has 5 heteroatoms. The van der Waals surface area contributed by atoms with Crippen LogP contribution in [0.15, 0.2) is 42.7 Å². The molecule has 3 rings (SSSR count). The highest BCUT2D eigenvalue weighted by molar-refractivity contribution is 5.76. The predicted molar refractivity (Wildman–Crippen MR) is 102 cm³/mol. The number of pyridine rings is 1. The first-order valence-corrected chi connectivity index (χ1v) is 9.20. The Morgan fingerprint density at radius 3 is 2.58 bits per heavy atom. The topological polar surface area (TPSA) is 56.7 Å². The second-order valence-electron chi connectivity index (χ2n) is 7.12. The number of hydrogen-bond donors (Lipinski definition) is 1. The molecule has 1 aromatic heterocycles. The van der Waals surface area contributed by atoms with Crippen molar-refractivity contribution in [3.63, 3.8) is 0 Å². The van der Waals surface area contributed by atoms with Crippen LogP contribution in [0, 0.1) is 13.8 Å². The fraction of sp³-hybridized carbons (Fsp3) is 0.429. The molecule has 0 spiro atoms. The van der Waals surface area contributed by atoms with Crippen LogP contribution < -0.4 is 0 Å². The smallest absolute Gasteiger partial charge is 0.325 e. The summed E-state index contributed by atoms with van der Waals surface area (Å²) in [6, 6.07) is 9.56. The van der Waals surface area contributed by atoms with E-state index in [9.17, 15) is 9.90 Å². The lowest BCUT2D eigenvalue weighted by Gasteiger charge is -2.29. The van der Waals surface area contributed by atoms with Gasteiger partial charge in [0, 0.05) is 38.6 Å². The fourth-order valence-electron chi connectivity index (χ4n) is 3.77. The van der Waals surface area contributed by atoms with E-state index in [0.29, 0.717) is 0 Å². The van der Waals surface area contributed by atoms with Crippen LogP contribution in [0.3, 0.4) is 0 Å². The molecule has 1 fully saturated rings. The largest absolute Gasteiger partial charge is 0.480 e. The zero-order valence-electron chi connectivity index (χ0n) is 15.6. The Kier molecular flexibility index (Phi) is 6.01. The second kappa shape index (κ2) is 8.43. The summed E-state index contributed by atoms with van der Waals surface area (Å²) >= 11 is 0. The minimum absolute atomic E-state index is 0.573. The molecule has 0 unspecified atom stereocenters. The molecule has 0 aliphatic carbocycles. The summed E-state index contributed by atoms with van der Waals surface area (Å²) in [4.78, 5) is 20.6. The van der Waals surface area contributed by atoms with Crippen LogP contribution in [0.2, 0.25) is 0 Å². The number of benzene rings is 1. The monoisotopic (exact) mass is 353 g/mol. The number of carboxylic acid groups (broad SMARTS) is 1. The van der Waals surface area contributed by atoms with Crippen LogP contribution in [-0.4, -0.2) is 52.0 Å². The quantitative estimate of drug-likeness (QED) is 0.895. The van der Waals surface area contributed by atoms with E-state index >= 15 is 0 Å². The maximum Gasteiger partial charge on any atom is 0.325 e. The van der Waals surface area contributed by atoms with Gasteiger partial charge in [0.05, 0.1) is 0 Å². The zero-order valence-corrected chi connectivity index (χ0v) is 15.6. The third kappa shape index (κ3) is 4.48. The Balaban J connectivity index is 1.72. The third-order valence-electron chi connectivity index (χ3n) is 5.10. The molecule has 2 aromatic rings. The molecule has 0 amide bonds. The molecule has 0 bridgehead atoms. The second-order valence-corrected chi connectivity index (χ2v) is 7.12. The van der Waals surface area contributed by atoms with Crippen LogP contribution in [0.5, 0.6) is 0 Å². The minimum atomic E-state index is -0.764. The number of carbonyl (C=O) groups is 1. The molecule has 0 radical (unpaired) electrons. The van der Waals surface area contributed by atoms with Crippen LogP contribution in [-0.2, 0) is 11.3 Å². The molecular weight excluding hydrogens is 326 g/mol. The van der Waals surface area contributed by atoms with Gasteiger partial charge < -0.3 is 5.11 Å². The Hall–Kier alpha value is -2.24. The van der Waals surface area contributed by atoms with E-state index < -0.39 is 12.0 Å². The Morgan fingerprint density at radius 2 is 1.88 bits per heavy atom. The van der Waals surface area contributed by atoms with Gasteiger partial charge >= 0.3 is 5.97 Å². The molecule has 5 nitrogen and oxygen atoms in total. The van der Waals surface area contributed by atoms with Gasteiger partial charge in [0.15, 0.2) is 0 Å². The summed E-state index contributed by atoms with van der Waals surface area (Å²) in [5, 5.41) is 9.90. The van der Waals surface area contributed by atoms with Gasteiger partial charge in [-0.3, -0.25) is 19.6 Å². The summed E-state index contributed by atoms with van der Waals surface area (Å²) in [6.07, 6.45) is 4.61. The maximum absolute atomic E-state index is 12.1. The molecular formula is C21H27N3O2. The van der Waals surface area contributed by atoms with Crippen molar-refractivity contribution in [2.45, 2.75) is 32.9 Å². The molecule has 0 saturated carbocycles. The molecule has 1 aliphatic heterocycles. The van der Waals surface area contributed by atoms with Gasteiger partial charge in [0.2, 0.25) is 0 Å². The van der Waals surface area contributed by atoms with E-state index in [2.05, 4.69) is 20.9 Å². The number of aliphatic carboxylic acids is 1. The Morgan fingerprint density at radius 1 is 1.12 bits per heavy atom. The van der Waals surface area contributed by atoms with Crippen LogP contribution >= 0.6 is 0 Å². The van der Waals surface area contributed by atoms with Crippen molar-refractivity contribution in [2.75, 3.05) is 26.2 Å². The number of aromatic nitrogens is 1. The normalized spacial score (nSPS) is 17.6. The Bertz CT molecular complexity index is 748. The Labute approximate surface area is 155 Å².